The summed E-state index contributed by atoms with van der Waals surface area (Å²) in [5, 5.41) is 1.16. The van der Waals surface area contributed by atoms with Crippen LogP contribution in [0.2, 0.25) is 0 Å². The number of quaternary nitrogens is 1. The lowest BCUT2D eigenvalue weighted by Crippen LogP contribution is -3.13. The van der Waals surface area contributed by atoms with Crippen LogP contribution < -0.4 is 14.4 Å². The summed E-state index contributed by atoms with van der Waals surface area (Å²) >= 11 is 1.76. The molecule has 1 aromatic heterocycles. The lowest BCUT2D eigenvalue weighted by Gasteiger charge is -2.32. The van der Waals surface area contributed by atoms with Gasteiger partial charge in [-0.05, 0) is 24.3 Å². The molecule has 7 heteroatoms. The molecule has 0 atom stereocenters. The fourth-order valence-electron chi connectivity index (χ4n) is 3.64. The van der Waals surface area contributed by atoms with Gasteiger partial charge in [-0.25, -0.2) is 4.98 Å². The van der Waals surface area contributed by atoms with Gasteiger partial charge >= 0.3 is 0 Å². The Morgan fingerprint density at radius 1 is 1.11 bits per heavy atom. The van der Waals surface area contributed by atoms with Crippen LogP contribution in [0.1, 0.15) is 15.4 Å². The number of carbonyl (C=O) groups excluding carboxylic acids is 1. The molecule has 0 spiro atoms. The summed E-state index contributed by atoms with van der Waals surface area (Å²) in [5.74, 6) is 1.07. The SMILES string of the molecule is COc1cccc(C(=O)N2CC[NH+](Cc3nc4ccccc4s3)CC2)c1OC. The largest absolute Gasteiger partial charge is 0.493 e. The second kappa shape index (κ2) is 8.16. The Morgan fingerprint density at radius 2 is 1.89 bits per heavy atom. The van der Waals surface area contributed by atoms with Crippen LogP contribution >= 0.6 is 11.3 Å². The number of benzene rings is 2. The number of aromatic nitrogens is 1. The molecule has 3 aromatic rings. The van der Waals surface area contributed by atoms with Crippen LogP contribution in [0.3, 0.4) is 0 Å². The number of para-hydroxylation sites is 2. The highest BCUT2D eigenvalue weighted by molar-refractivity contribution is 7.18. The molecule has 1 N–H and O–H groups in total. The number of hydrogen-bond acceptors (Lipinski definition) is 5. The number of thiazole rings is 1. The second-order valence-electron chi connectivity index (χ2n) is 6.84. The number of nitrogens with one attached hydrogen (secondary N) is 1. The molecule has 4 rings (SSSR count). The number of carbonyl (C=O) groups is 1. The van der Waals surface area contributed by atoms with Crippen molar-refractivity contribution in [2.75, 3.05) is 40.4 Å². The lowest BCUT2D eigenvalue weighted by molar-refractivity contribution is -0.917. The predicted molar refractivity (Wildman–Crippen MR) is 109 cm³/mol. The van der Waals surface area contributed by atoms with E-state index in [9.17, 15) is 4.79 Å². The minimum atomic E-state index is -0.00483. The van der Waals surface area contributed by atoms with Gasteiger partial charge in [-0.1, -0.05) is 18.2 Å². The highest BCUT2D eigenvalue weighted by Crippen LogP contribution is 2.31. The summed E-state index contributed by atoms with van der Waals surface area (Å²) in [4.78, 5) is 21.1. The highest BCUT2D eigenvalue weighted by atomic mass is 32.1. The summed E-state index contributed by atoms with van der Waals surface area (Å²) in [6.45, 7) is 4.17. The van der Waals surface area contributed by atoms with Crippen molar-refractivity contribution in [3.63, 3.8) is 0 Å². The third kappa shape index (κ3) is 3.68. The van der Waals surface area contributed by atoms with E-state index in [0.717, 1.165) is 43.2 Å². The number of fused-ring (bicyclic) bond motifs is 1. The number of methoxy groups -OCH3 is 2. The molecule has 0 bridgehead atoms. The first-order chi connectivity index (χ1) is 13.7. The number of piperazine rings is 1. The molecule has 1 amide bonds. The molecule has 1 saturated heterocycles. The quantitative estimate of drug-likeness (QED) is 0.713. The van der Waals surface area contributed by atoms with E-state index in [4.69, 9.17) is 14.5 Å². The fourth-order valence-corrected chi connectivity index (χ4v) is 4.68. The van der Waals surface area contributed by atoms with Crippen LogP contribution in [0, 0.1) is 0 Å². The number of rotatable bonds is 5. The van der Waals surface area contributed by atoms with Crippen molar-refractivity contribution in [1.29, 1.82) is 0 Å². The molecule has 6 nitrogen and oxygen atoms in total. The van der Waals surface area contributed by atoms with Crippen molar-refractivity contribution in [3.05, 3.63) is 53.0 Å². The maximum Gasteiger partial charge on any atom is 0.258 e. The van der Waals surface area contributed by atoms with Crippen LogP contribution in [-0.2, 0) is 6.54 Å². The van der Waals surface area contributed by atoms with E-state index in [2.05, 4.69) is 12.1 Å². The van der Waals surface area contributed by atoms with Crippen molar-refractivity contribution < 1.29 is 19.2 Å². The first-order valence-corrected chi connectivity index (χ1v) is 10.2. The summed E-state index contributed by atoms with van der Waals surface area (Å²) < 4.78 is 12.0. The van der Waals surface area contributed by atoms with E-state index in [0.29, 0.717) is 17.1 Å². The van der Waals surface area contributed by atoms with E-state index < -0.39 is 0 Å². The predicted octanol–water partition coefficient (Wildman–Crippen LogP) is 1.85. The van der Waals surface area contributed by atoms with E-state index in [-0.39, 0.29) is 5.91 Å². The molecule has 28 heavy (non-hydrogen) atoms. The minimum Gasteiger partial charge on any atom is -0.493 e. The molecule has 2 heterocycles. The van der Waals surface area contributed by atoms with E-state index in [1.54, 1.807) is 37.7 Å². The van der Waals surface area contributed by atoms with Gasteiger partial charge in [0.25, 0.3) is 5.91 Å². The van der Waals surface area contributed by atoms with Crippen molar-refractivity contribution >= 4 is 27.5 Å². The van der Waals surface area contributed by atoms with Crippen molar-refractivity contribution in [2.24, 2.45) is 0 Å². The van der Waals surface area contributed by atoms with Gasteiger partial charge in [0, 0.05) is 0 Å². The number of amides is 1. The molecular formula is C21H24N3O3S+. The molecule has 146 valence electrons. The van der Waals surface area contributed by atoms with E-state index >= 15 is 0 Å². The highest BCUT2D eigenvalue weighted by Gasteiger charge is 2.27. The monoisotopic (exact) mass is 398 g/mol. The topological polar surface area (TPSA) is 56.1 Å². The van der Waals surface area contributed by atoms with Crippen LogP contribution in [0.4, 0.5) is 0 Å². The van der Waals surface area contributed by atoms with Crippen molar-refractivity contribution in [2.45, 2.75) is 6.54 Å². The van der Waals surface area contributed by atoms with E-state index in [1.807, 2.05) is 23.1 Å². The van der Waals surface area contributed by atoms with Crippen LogP contribution in [0.15, 0.2) is 42.5 Å². The van der Waals surface area contributed by atoms with Crippen molar-refractivity contribution in [3.8, 4) is 11.5 Å². The Kier molecular flexibility index (Phi) is 5.45. The third-order valence-electron chi connectivity index (χ3n) is 5.13. The van der Waals surface area contributed by atoms with Crippen molar-refractivity contribution in [1.82, 2.24) is 9.88 Å². The Balaban J connectivity index is 1.40. The molecular weight excluding hydrogens is 374 g/mol. The fraction of sp³-hybridized carbons (Fsp3) is 0.333. The molecule has 2 aromatic carbocycles. The molecule has 1 aliphatic rings. The lowest BCUT2D eigenvalue weighted by atomic mass is 10.1. The van der Waals surface area contributed by atoms with Gasteiger partial charge in [-0.15, -0.1) is 11.3 Å². The minimum absolute atomic E-state index is 0.00483. The molecule has 0 saturated carbocycles. The van der Waals surface area contributed by atoms with Crippen LogP contribution in [0.5, 0.6) is 11.5 Å². The zero-order chi connectivity index (χ0) is 19.5. The van der Waals surface area contributed by atoms with Crippen LogP contribution in [0.25, 0.3) is 10.2 Å². The zero-order valence-electron chi connectivity index (χ0n) is 16.1. The standard InChI is InChI=1S/C21H23N3O3S/c1-26-17-8-5-6-15(20(17)27-2)21(25)24-12-10-23(11-13-24)14-19-22-16-7-3-4-9-18(16)28-19/h3-9H,10-14H2,1-2H3/p+1. The molecule has 1 fully saturated rings. The maximum absolute atomic E-state index is 13.0. The van der Waals surface area contributed by atoms with Gasteiger partial charge in [-0.2, -0.15) is 0 Å². The van der Waals surface area contributed by atoms with Gasteiger partial charge in [0.05, 0.1) is 56.2 Å². The summed E-state index contributed by atoms with van der Waals surface area (Å²) in [6, 6.07) is 13.7. The molecule has 0 unspecified atom stereocenters. The van der Waals surface area contributed by atoms with Crippen LogP contribution in [-0.4, -0.2) is 56.2 Å². The summed E-state index contributed by atoms with van der Waals surface area (Å²) in [5.41, 5.74) is 1.62. The van der Waals surface area contributed by atoms with E-state index in [1.165, 1.54) is 9.60 Å². The smallest absolute Gasteiger partial charge is 0.258 e. The maximum atomic E-state index is 13.0. The first kappa shape index (κ1) is 18.7. The van der Waals surface area contributed by atoms with Gasteiger partial charge < -0.3 is 19.3 Å². The third-order valence-corrected chi connectivity index (χ3v) is 6.17. The Hall–Kier alpha value is -2.64. The Labute approximate surface area is 168 Å². The number of hydrogen-bond donors (Lipinski definition) is 1. The molecule has 0 aliphatic carbocycles. The molecule has 1 aliphatic heterocycles. The summed E-state index contributed by atoms with van der Waals surface area (Å²) in [7, 11) is 3.14. The van der Waals surface area contributed by atoms with Gasteiger partial charge in [-0.3, -0.25) is 4.79 Å². The van der Waals surface area contributed by atoms with Gasteiger partial charge in [0.2, 0.25) is 0 Å². The van der Waals surface area contributed by atoms with Gasteiger partial charge in [0.1, 0.15) is 11.6 Å². The number of nitrogens with zero attached hydrogens (tertiary/aromatic N) is 2. The average Bonchev–Trinajstić information content (AvgIpc) is 3.15. The van der Waals surface area contributed by atoms with Gasteiger partial charge in [0.15, 0.2) is 11.5 Å². The Morgan fingerprint density at radius 3 is 2.61 bits per heavy atom. The zero-order valence-corrected chi connectivity index (χ0v) is 16.9. The summed E-state index contributed by atoms with van der Waals surface area (Å²) in [6.07, 6.45) is 0. The first-order valence-electron chi connectivity index (χ1n) is 9.38. The Bertz CT molecular complexity index is 947. The average molecular weight is 399 g/mol. The second-order valence-corrected chi connectivity index (χ2v) is 7.95. The number of ether oxygens (including phenoxy) is 2. The normalized spacial score (nSPS) is 15.0. The molecule has 0 radical (unpaired) electrons.